The van der Waals surface area contributed by atoms with Crippen LogP contribution in [0.25, 0.3) is 39.9 Å². The van der Waals surface area contributed by atoms with Gasteiger partial charge in [0.25, 0.3) is 0 Å². The molecular weight excluding hydrogens is 380 g/mol. The highest BCUT2D eigenvalue weighted by Gasteiger charge is 2.16. The molecular formula is C26H20B5N. The van der Waals surface area contributed by atoms with Crippen LogP contribution in [-0.4, -0.2) is 43.8 Å². The highest BCUT2D eigenvalue weighted by atomic mass is 15.0. The molecule has 0 N–H and O–H groups in total. The van der Waals surface area contributed by atoms with Gasteiger partial charge in [-0.25, -0.2) is 0 Å². The Labute approximate surface area is 196 Å². The Morgan fingerprint density at radius 1 is 0.656 bits per heavy atom. The van der Waals surface area contributed by atoms with E-state index in [0.29, 0.717) is 16.6 Å². The van der Waals surface area contributed by atoms with Gasteiger partial charge in [0.1, 0.15) is 39.2 Å². The average molecular weight is 401 g/mol. The van der Waals surface area contributed by atoms with Gasteiger partial charge in [0.05, 0.1) is 5.52 Å². The Balaban J connectivity index is 2.13. The molecule has 0 aliphatic heterocycles. The predicted octanol–water partition coefficient (Wildman–Crippen LogP) is -0.516. The first-order valence-electron chi connectivity index (χ1n) is 10.6. The molecule has 10 radical (unpaired) electrons. The summed E-state index contributed by atoms with van der Waals surface area (Å²) in [6.07, 6.45) is 4.13. The number of benzene rings is 3. The van der Waals surface area contributed by atoms with Crippen LogP contribution in [0.5, 0.6) is 0 Å². The largest absolute Gasteiger partial charge is 0.311 e. The lowest BCUT2D eigenvalue weighted by Gasteiger charge is -2.23. The molecule has 0 saturated heterocycles. The lowest BCUT2D eigenvalue weighted by molar-refractivity contribution is 1.09. The zero-order chi connectivity index (χ0) is 23.3. The Bertz CT molecular complexity index is 1480. The van der Waals surface area contributed by atoms with E-state index in [1.165, 1.54) is 16.7 Å². The van der Waals surface area contributed by atoms with Gasteiger partial charge in [-0.15, -0.1) is 16.4 Å². The fraction of sp³-hybridized carbons (Fsp3) is 0.154. The molecule has 0 unspecified atom stereocenters. The minimum atomic E-state index is 0.210. The second-order valence-electron chi connectivity index (χ2n) is 8.16. The molecule has 32 heavy (non-hydrogen) atoms. The normalized spacial score (nSPS) is 12.8. The molecule has 0 fully saturated rings. The third kappa shape index (κ3) is 3.32. The van der Waals surface area contributed by atoms with Crippen molar-refractivity contribution in [3.05, 3.63) is 58.1 Å². The van der Waals surface area contributed by atoms with E-state index in [9.17, 15) is 0 Å². The van der Waals surface area contributed by atoms with Gasteiger partial charge in [-0.2, -0.15) is 0 Å². The van der Waals surface area contributed by atoms with Gasteiger partial charge >= 0.3 is 0 Å². The molecule has 0 atom stereocenters. The van der Waals surface area contributed by atoms with Gasteiger partial charge in [0.2, 0.25) is 0 Å². The van der Waals surface area contributed by atoms with E-state index in [2.05, 4.69) is 56.3 Å². The zero-order valence-electron chi connectivity index (χ0n) is 19.0. The summed E-state index contributed by atoms with van der Waals surface area (Å²) in [4.78, 5) is 0. The molecule has 4 aromatic rings. The summed E-state index contributed by atoms with van der Waals surface area (Å²) in [5.41, 5.74) is 7.68. The van der Waals surface area contributed by atoms with Crippen LogP contribution in [0.2, 0.25) is 0 Å². The maximum atomic E-state index is 6.42. The fourth-order valence-corrected chi connectivity index (χ4v) is 4.34. The fourth-order valence-electron chi connectivity index (χ4n) is 4.34. The summed E-state index contributed by atoms with van der Waals surface area (Å²) in [6, 6.07) is 12.9. The minimum Gasteiger partial charge on any atom is -0.311 e. The first kappa shape index (κ1) is 22.5. The molecule has 1 heterocycles. The first-order valence-corrected chi connectivity index (χ1v) is 10.6. The van der Waals surface area contributed by atoms with Gasteiger partial charge in [-0.1, -0.05) is 47.3 Å². The lowest BCUT2D eigenvalue weighted by atomic mass is 9.61. The number of rotatable bonds is 2. The van der Waals surface area contributed by atoms with E-state index in [1.54, 1.807) is 0 Å². The van der Waals surface area contributed by atoms with Crippen molar-refractivity contribution in [2.45, 2.75) is 27.7 Å². The topological polar surface area (TPSA) is 4.93 Å². The predicted molar refractivity (Wildman–Crippen MR) is 145 cm³/mol. The zero-order valence-corrected chi connectivity index (χ0v) is 19.0. The van der Waals surface area contributed by atoms with Crippen molar-refractivity contribution < 1.29 is 0 Å². The maximum Gasteiger partial charge on any atom is 0.115 e. The standard InChI is InChI=1S/C26H20B5N/c1-5-17-18-12-16(15-8-7-13(3)14(4)11-15)9-10-20(18)32(19(17)6-2)26-24(30)22(28)21(27)23(29)25(26)31/h5-12H,1-4H3/b17-5-,19-6+. The molecule has 0 saturated carbocycles. The third-order valence-corrected chi connectivity index (χ3v) is 6.34. The SMILES string of the molecule is [B]c1c([B])c([B])c(-n2c(=C/C)/c(=C\C)c3cc(-c4ccc(C)c(C)c4)ccc32)c([B])c1[B]. The quantitative estimate of drug-likeness (QED) is 0.400. The summed E-state index contributed by atoms with van der Waals surface area (Å²) in [5, 5.41) is 3.13. The van der Waals surface area contributed by atoms with Crippen molar-refractivity contribution in [1.29, 1.82) is 0 Å². The number of fused-ring (bicyclic) bond motifs is 1. The van der Waals surface area contributed by atoms with Crippen molar-refractivity contribution in [3.63, 3.8) is 0 Å². The summed E-state index contributed by atoms with van der Waals surface area (Å²) >= 11 is 0. The molecule has 0 spiro atoms. The molecule has 1 aromatic heterocycles. The van der Waals surface area contributed by atoms with Crippen LogP contribution in [0.15, 0.2) is 36.4 Å². The summed E-state index contributed by atoms with van der Waals surface area (Å²) in [6.45, 7) is 8.26. The average Bonchev–Trinajstić information content (AvgIpc) is 3.10. The maximum absolute atomic E-state index is 6.42. The smallest absolute Gasteiger partial charge is 0.115 e. The summed E-state index contributed by atoms with van der Waals surface area (Å²) < 4.78 is 2.02. The molecule has 4 rings (SSSR count). The van der Waals surface area contributed by atoms with Crippen LogP contribution in [0.4, 0.5) is 0 Å². The van der Waals surface area contributed by atoms with Crippen LogP contribution >= 0.6 is 0 Å². The van der Waals surface area contributed by atoms with Crippen LogP contribution in [0.3, 0.4) is 0 Å². The van der Waals surface area contributed by atoms with Crippen LogP contribution < -0.4 is 37.9 Å². The molecule has 1 nitrogen and oxygen atoms in total. The molecule has 144 valence electrons. The van der Waals surface area contributed by atoms with E-state index in [0.717, 1.165) is 27.0 Å². The van der Waals surface area contributed by atoms with Crippen LogP contribution in [-0.2, 0) is 0 Å². The molecule has 0 bridgehead atoms. The Kier molecular flexibility index (Phi) is 5.84. The number of hydrogen-bond acceptors (Lipinski definition) is 0. The first-order chi connectivity index (χ1) is 15.2. The van der Waals surface area contributed by atoms with Gasteiger partial charge < -0.3 is 4.57 Å². The number of aryl methyl sites for hydroxylation is 2. The van der Waals surface area contributed by atoms with Crippen molar-refractivity contribution >= 4 is 89.6 Å². The Morgan fingerprint density at radius 2 is 1.22 bits per heavy atom. The van der Waals surface area contributed by atoms with Gasteiger partial charge in [0.15, 0.2) is 0 Å². The van der Waals surface area contributed by atoms with E-state index in [1.807, 2.05) is 24.5 Å². The Morgan fingerprint density at radius 3 is 1.78 bits per heavy atom. The van der Waals surface area contributed by atoms with Gasteiger partial charge in [0, 0.05) is 21.6 Å². The second-order valence-corrected chi connectivity index (χ2v) is 8.16. The summed E-state index contributed by atoms with van der Waals surface area (Å²) in [7, 11) is 31.2. The van der Waals surface area contributed by atoms with Crippen molar-refractivity contribution in [2.24, 2.45) is 0 Å². The Hall–Kier alpha value is -2.74. The van der Waals surface area contributed by atoms with Crippen molar-refractivity contribution in [2.75, 3.05) is 0 Å². The molecule has 6 heteroatoms. The minimum absolute atomic E-state index is 0.210. The molecule has 0 amide bonds. The number of hydrogen-bond donors (Lipinski definition) is 0. The number of aromatic nitrogens is 1. The highest BCUT2D eigenvalue weighted by Crippen LogP contribution is 2.25. The van der Waals surface area contributed by atoms with E-state index < -0.39 is 0 Å². The van der Waals surface area contributed by atoms with Crippen molar-refractivity contribution in [1.82, 2.24) is 4.57 Å². The molecule has 3 aromatic carbocycles. The second kappa shape index (κ2) is 8.32. The van der Waals surface area contributed by atoms with Crippen LogP contribution in [0.1, 0.15) is 25.0 Å². The van der Waals surface area contributed by atoms with Gasteiger partial charge in [-0.05, 0) is 62.1 Å². The third-order valence-electron chi connectivity index (χ3n) is 6.34. The van der Waals surface area contributed by atoms with Crippen LogP contribution in [0, 0.1) is 13.8 Å². The monoisotopic (exact) mass is 401 g/mol. The number of nitrogens with zero attached hydrogens (tertiary/aromatic N) is 1. The van der Waals surface area contributed by atoms with E-state index in [-0.39, 0.29) is 16.4 Å². The van der Waals surface area contributed by atoms with Gasteiger partial charge in [-0.3, -0.25) is 0 Å². The molecule has 0 aliphatic carbocycles. The lowest BCUT2D eigenvalue weighted by Crippen LogP contribution is -2.57. The molecule has 0 aliphatic rings. The van der Waals surface area contributed by atoms with Crippen molar-refractivity contribution in [3.8, 4) is 16.8 Å². The highest BCUT2D eigenvalue weighted by molar-refractivity contribution is 6.68. The summed E-state index contributed by atoms with van der Waals surface area (Å²) in [5.74, 6) is 0. The van der Waals surface area contributed by atoms with E-state index >= 15 is 0 Å². The van der Waals surface area contributed by atoms with E-state index in [4.69, 9.17) is 39.2 Å².